The van der Waals surface area contributed by atoms with Crippen LogP contribution in [0.25, 0.3) is 0 Å². The Morgan fingerprint density at radius 2 is 2.10 bits per heavy atom. The van der Waals surface area contributed by atoms with Crippen molar-refractivity contribution in [1.82, 2.24) is 10.3 Å². The third-order valence-electron chi connectivity index (χ3n) is 3.41. The van der Waals surface area contributed by atoms with E-state index in [1.807, 2.05) is 11.8 Å². The van der Waals surface area contributed by atoms with E-state index in [9.17, 15) is 4.79 Å². The van der Waals surface area contributed by atoms with Crippen molar-refractivity contribution < 1.29 is 9.53 Å². The van der Waals surface area contributed by atoms with Gasteiger partial charge in [0.25, 0.3) is 5.91 Å². The Morgan fingerprint density at radius 3 is 2.62 bits per heavy atom. The van der Waals surface area contributed by atoms with Gasteiger partial charge in [0.15, 0.2) is 0 Å². The molecular formula is C15H25N3O2S. The molecule has 0 heterocycles. The standard InChI is InChI=1S/C15H25N3O2S/c1-4-13(11-21-3)18(2)9-10-20-14-7-5-12(6-8-14)15(19)17-16/h5-8,13H,4,9-11,16H2,1-3H3,(H,17,19). The lowest BCUT2D eigenvalue weighted by molar-refractivity contribution is 0.0953. The molecule has 0 aliphatic carbocycles. The molecule has 0 aliphatic rings. The zero-order valence-corrected chi connectivity index (χ0v) is 13.8. The van der Waals surface area contributed by atoms with Gasteiger partial charge in [-0.1, -0.05) is 6.92 Å². The number of amides is 1. The number of nitrogens with two attached hydrogens (primary N) is 1. The van der Waals surface area contributed by atoms with Crippen molar-refractivity contribution >= 4 is 17.7 Å². The van der Waals surface area contributed by atoms with E-state index in [4.69, 9.17) is 10.6 Å². The SMILES string of the molecule is CCC(CSC)N(C)CCOc1ccc(C(=O)NN)cc1. The Kier molecular flexibility index (Phi) is 8.19. The summed E-state index contributed by atoms with van der Waals surface area (Å²) >= 11 is 1.87. The average molecular weight is 311 g/mol. The van der Waals surface area contributed by atoms with E-state index >= 15 is 0 Å². The van der Waals surface area contributed by atoms with Gasteiger partial charge in [-0.05, 0) is 44.0 Å². The molecule has 118 valence electrons. The first kappa shape index (κ1) is 17.8. The van der Waals surface area contributed by atoms with Gasteiger partial charge in [0.05, 0.1) is 0 Å². The molecule has 1 aromatic carbocycles. The van der Waals surface area contributed by atoms with Gasteiger partial charge in [-0.3, -0.25) is 15.1 Å². The number of carbonyl (C=O) groups excluding carboxylic acids is 1. The molecule has 1 amide bonds. The Hall–Kier alpha value is -1.24. The highest BCUT2D eigenvalue weighted by Crippen LogP contribution is 2.13. The Balaban J connectivity index is 2.40. The Bertz CT molecular complexity index is 425. The van der Waals surface area contributed by atoms with Gasteiger partial charge in [0.2, 0.25) is 0 Å². The van der Waals surface area contributed by atoms with Crippen LogP contribution < -0.4 is 16.0 Å². The van der Waals surface area contributed by atoms with E-state index in [1.165, 1.54) is 0 Å². The first-order valence-electron chi connectivity index (χ1n) is 7.05. The highest BCUT2D eigenvalue weighted by atomic mass is 32.2. The van der Waals surface area contributed by atoms with E-state index in [0.29, 0.717) is 18.2 Å². The van der Waals surface area contributed by atoms with Crippen LogP contribution in [0.4, 0.5) is 0 Å². The van der Waals surface area contributed by atoms with Gasteiger partial charge in [-0.15, -0.1) is 0 Å². The molecule has 0 aliphatic heterocycles. The van der Waals surface area contributed by atoms with Gasteiger partial charge in [0, 0.05) is 23.9 Å². The number of benzene rings is 1. The molecule has 0 radical (unpaired) electrons. The molecule has 1 unspecified atom stereocenters. The van der Waals surface area contributed by atoms with Gasteiger partial charge in [-0.2, -0.15) is 11.8 Å². The molecule has 0 fully saturated rings. The minimum atomic E-state index is -0.302. The van der Waals surface area contributed by atoms with Crippen molar-refractivity contribution in [3.8, 4) is 5.75 Å². The monoisotopic (exact) mass is 311 g/mol. The first-order chi connectivity index (χ1) is 10.1. The summed E-state index contributed by atoms with van der Waals surface area (Å²) in [4.78, 5) is 13.6. The predicted octanol–water partition coefficient (Wildman–Crippen LogP) is 1.74. The lowest BCUT2D eigenvalue weighted by Crippen LogP contribution is -2.36. The number of hydrogen-bond donors (Lipinski definition) is 2. The van der Waals surface area contributed by atoms with E-state index in [0.717, 1.165) is 24.5 Å². The average Bonchev–Trinajstić information content (AvgIpc) is 2.52. The van der Waals surface area contributed by atoms with Crippen LogP contribution in [0.1, 0.15) is 23.7 Å². The predicted molar refractivity (Wildman–Crippen MR) is 88.7 cm³/mol. The summed E-state index contributed by atoms with van der Waals surface area (Å²) in [5, 5.41) is 0. The number of nitrogens with one attached hydrogen (secondary N) is 1. The largest absolute Gasteiger partial charge is 0.492 e. The van der Waals surface area contributed by atoms with Gasteiger partial charge in [-0.25, -0.2) is 5.84 Å². The Morgan fingerprint density at radius 1 is 1.43 bits per heavy atom. The van der Waals surface area contributed by atoms with E-state index in [1.54, 1.807) is 24.3 Å². The molecule has 0 bridgehead atoms. The maximum atomic E-state index is 11.3. The van der Waals surface area contributed by atoms with Gasteiger partial charge < -0.3 is 4.74 Å². The molecule has 5 nitrogen and oxygen atoms in total. The van der Waals surface area contributed by atoms with Crippen LogP contribution in [-0.4, -0.2) is 49.1 Å². The van der Waals surface area contributed by atoms with Crippen LogP contribution in [-0.2, 0) is 0 Å². The van der Waals surface area contributed by atoms with Crippen molar-refractivity contribution in [2.24, 2.45) is 5.84 Å². The molecule has 1 aromatic rings. The maximum absolute atomic E-state index is 11.3. The molecule has 0 saturated carbocycles. The van der Waals surface area contributed by atoms with Crippen molar-refractivity contribution in [3.63, 3.8) is 0 Å². The second-order valence-corrected chi connectivity index (χ2v) is 5.76. The quantitative estimate of drug-likeness (QED) is 0.413. The molecule has 0 aromatic heterocycles. The van der Waals surface area contributed by atoms with Crippen molar-refractivity contribution in [2.75, 3.05) is 32.2 Å². The van der Waals surface area contributed by atoms with E-state index in [-0.39, 0.29) is 5.91 Å². The van der Waals surface area contributed by atoms with Gasteiger partial charge >= 0.3 is 0 Å². The summed E-state index contributed by atoms with van der Waals surface area (Å²) in [5.41, 5.74) is 2.62. The summed E-state index contributed by atoms with van der Waals surface area (Å²) in [5.74, 6) is 6.68. The van der Waals surface area contributed by atoms with Crippen LogP contribution in [0.2, 0.25) is 0 Å². The number of hydrazine groups is 1. The molecule has 0 saturated heterocycles. The van der Waals surface area contributed by atoms with E-state index in [2.05, 4.69) is 30.6 Å². The molecule has 1 rings (SSSR count). The molecule has 0 spiro atoms. The van der Waals surface area contributed by atoms with E-state index < -0.39 is 0 Å². The smallest absolute Gasteiger partial charge is 0.265 e. The van der Waals surface area contributed by atoms with Crippen LogP contribution >= 0.6 is 11.8 Å². The summed E-state index contributed by atoms with van der Waals surface area (Å²) in [6.07, 6.45) is 3.27. The fourth-order valence-electron chi connectivity index (χ4n) is 2.03. The number of carbonyl (C=O) groups is 1. The summed E-state index contributed by atoms with van der Waals surface area (Å²) < 4.78 is 5.71. The zero-order valence-electron chi connectivity index (χ0n) is 13.0. The summed E-state index contributed by atoms with van der Waals surface area (Å²) in [6.45, 7) is 3.72. The second-order valence-electron chi connectivity index (χ2n) is 4.84. The number of nitrogens with zero attached hydrogens (tertiary/aromatic N) is 1. The minimum Gasteiger partial charge on any atom is -0.492 e. The third-order valence-corrected chi connectivity index (χ3v) is 4.13. The molecule has 3 N–H and O–H groups in total. The fraction of sp³-hybridized carbons (Fsp3) is 0.533. The molecular weight excluding hydrogens is 286 g/mol. The van der Waals surface area contributed by atoms with Crippen LogP contribution in [0.15, 0.2) is 24.3 Å². The second kappa shape index (κ2) is 9.65. The summed E-state index contributed by atoms with van der Waals surface area (Å²) in [6, 6.07) is 7.54. The van der Waals surface area contributed by atoms with Crippen molar-refractivity contribution in [1.29, 1.82) is 0 Å². The van der Waals surface area contributed by atoms with Crippen molar-refractivity contribution in [3.05, 3.63) is 29.8 Å². The van der Waals surface area contributed by atoms with Crippen LogP contribution in [0.3, 0.4) is 0 Å². The molecule has 1 atom stereocenters. The summed E-state index contributed by atoms with van der Waals surface area (Å²) in [7, 11) is 2.13. The van der Waals surface area contributed by atoms with Gasteiger partial charge in [0.1, 0.15) is 12.4 Å². The molecule has 21 heavy (non-hydrogen) atoms. The number of thioether (sulfide) groups is 1. The first-order valence-corrected chi connectivity index (χ1v) is 8.44. The number of ether oxygens (including phenoxy) is 1. The number of likely N-dealkylation sites (N-methyl/N-ethyl adjacent to an activating group) is 1. The highest BCUT2D eigenvalue weighted by Gasteiger charge is 2.11. The lowest BCUT2D eigenvalue weighted by atomic mass is 10.2. The minimum absolute atomic E-state index is 0.302. The zero-order chi connectivity index (χ0) is 15.7. The van der Waals surface area contributed by atoms with Crippen LogP contribution in [0, 0.1) is 0 Å². The maximum Gasteiger partial charge on any atom is 0.265 e. The molecule has 6 heteroatoms. The highest BCUT2D eigenvalue weighted by molar-refractivity contribution is 7.98. The number of rotatable bonds is 9. The fourth-order valence-corrected chi connectivity index (χ4v) is 2.90. The Labute approximate surface area is 131 Å². The lowest BCUT2D eigenvalue weighted by Gasteiger charge is -2.26. The third kappa shape index (κ3) is 5.95. The van der Waals surface area contributed by atoms with Crippen molar-refractivity contribution in [2.45, 2.75) is 19.4 Å². The normalized spacial score (nSPS) is 12.2. The van der Waals surface area contributed by atoms with Crippen LogP contribution in [0.5, 0.6) is 5.75 Å². The topological polar surface area (TPSA) is 67.6 Å². The number of nitrogen functional groups attached to an aromatic ring is 1. The number of hydrogen-bond acceptors (Lipinski definition) is 5.